The first-order valence-electron chi connectivity index (χ1n) is 8.67. The van der Waals surface area contributed by atoms with E-state index in [0.29, 0.717) is 31.4 Å². The van der Waals surface area contributed by atoms with Crippen LogP contribution in [0.1, 0.15) is 56.9 Å². The third kappa shape index (κ3) is 3.19. The van der Waals surface area contributed by atoms with Crippen LogP contribution in [0.5, 0.6) is 11.5 Å². The van der Waals surface area contributed by atoms with E-state index in [9.17, 15) is 5.26 Å². The van der Waals surface area contributed by atoms with Crippen LogP contribution in [0.25, 0.3) is 0 Å². The smallest absolute Gasteiger partial charge is 0.161 e. The Hall–Kier alpha value is -2.22. The molecule has 0 atom stereocenters. The number of hydrogen-bond acceptors (Lipinski definition) is 5. The van der Waals surface area contributed by atoms with Gasteiger partial charge in [0.15, 0.2) is 11.5 Å². The Bertz CT molecular complexity index is 647. The molecule has 2 saturated carbocycles. The van der Waals surface area contributed by atoms with Crippen molar-refractivity contribution in [1.82, 2.24) is 0 Å². The van der Waals surface area contributed by atoms with Crippen LogP contribution in [0, 0.1) is 11.3 Å². The van der Waals surface area contributed by atoms with Gasteiger partial charge in [0.1, 0.15) is 0 Å². The van der Waals surface area contributed by atoms with Gasteiger partial charge in [0.25, 0.3) is 0 Å². The van der Waals surface area contributed by atoms with E-state index in [1.165, 1.54) is 12.8 Å². The normalized spacial score (nSPS) is 24.4. The highest BCUT2D eigenvalue weighted by Gasteiger charge is 2.37. The summed E-state index contributed by atoms with van der Waals surface area (Å²) in [4.78, 5) is 0. The summed E-state index contributed by atoms with van der Waals surface area (Å²) in [5.74, 6) is 1.45. The molecule has 5 heteroatoms. The fourth-order valence-corrected chi connectivity index (χ4v) is 3.78. The van der Waals surface area contributed by atoms with E-state index in [1.807, 2.05) is 18.2 Å². The zero-order valence-corrected chi connectivity index (χ0v) is 14.1. The van der Waals surface area contributed by atoms with Crippen molar-refractivity contribution in [1.29, 1.82) is 5.26 Å². The molecule has 0 saturated heterocycles. The zero-order valence-electron chi connectivity index (χ0n) is 14.1. The Labute approximate surface area is 142 Å². The summed E-state index contributed by atoms with van der Waals surface area (Å²) in [7, 11) is 1.64. The fourth-order valence-electron chi connectivity index (χ4n) is 3.78. The summed E-state index contributed by atoms with van der Waals surface area (Å²) < 4.78 is 11.6. The highest BCUT2D eigenvalue weighted by atomic mass is 16.5. The van der Waals surface area contributed by atoms with Gasteiger partial charge in [-0.05, 0) is 69.1 Å². The van der Waals surface area contributed by atoms with E-state index in [2.05, 4.69) is 11.2 Å². The molecule has 5 nitrogen and oxygen atoms in total. The summed E-state index contributed by atoms with van der Waals surface area (Å²) in [6.07, 6.45) is 7.43. The Morgan fingerprint density at radius 3 is 2.50 bits per heavy atom. The molecule has 0 bridgehead atoms. The Kier molecular flexibility index (Phi) is 4.94. The van der Waals surface area contributed by atoms with E-state index >= 15 is 0 Å². The second-order valence-corrected chi connectivity index (χ2v) is 6.75. The summed E-state index contributed by atoms with van der Waals surface area (Å²) in [5.41, 5.74) is 1.20. The van der Waals surface area contributed by atoms with Gasteiger partial charge in [0, 0.05) is 0 Å². The molecule has 3 rings (SSSR count). The van der Waals surface area contributed by atoms with Crippen LogP contribution in [-0.2, 0) is 5.41 Å². The number of oxime groups is 1. The zero-order chi connectivity index (χ0) is 17.0. The van der Waals surface area contributed by atoms with Crippen molar-refractivity contribution in [3.63, 3.8) is 0 Å². The minimum Gasteiger partial charge on any atom is -0.493 e. The molecule has 1 aromatic carbocycles. The lowest BCUT2D eigenvalue weighted by Crippen LogP contribution is -2.30. The maximum Gasteiger partial charge on any atom is 0.161 e. The number of ether oxygens (including phenoxy) is 2. The fraction of sp³-hybridized carbons (Fsp3) is 0.579. The molecule has 128 valence electrons. The van der Waals surface area contributed by atoms with Crippen LogP contribution in [0.2, 0.25) is 0 Å². The van der Waals surface area contributed by atoms with Crippen LogP contribution >= 0.6 is 0 Å². The first kappa shape index (κ1) is 16.6. The van der Waals surface area contributed by atoms with E-state index in [0.717, 1.165) is 29.9 Å². The van der Waals surface area contributed by atoms with Gasteiger partial charge >= 0.3 is 0 Å². The number of methoxy groups -OCH3 is 1. The lowest BCUT2D eigenvalue weighted by atomic mass is 9.70. The van der Waals surface area contributed by atoms with Gasteiger partial charge in [-0.3, -0.25) is 0 Å². The molecule has 0 spiro atoms. The SMILES string of the molecule is COc1ccc(C2(C#N)CCC(=NO)CC2)cc1OC1CCCC1. The number of hydrogen-bond donors (Lipinski definition) is 1. The van der Waals surface area contributed by atoms with Crippen LogP contribution in [0.3, 0.4) is 0 Å². The number of benzene rings is 1. The maximum atomic E-state index is 9.83. The topological polar surface area (TPSA) is 74.8 Å². The van der Waals surface area contributed by atoms with Gasteiger partial charge in [-0.15, -0.1) is 0 Å². The number of nitriles is 1. The molecule has 0 unspecified atom stereocenters. The molecule has 0 amide bonds. The lowest BCUT2D eigenvalue weighted by molar-refractivity contribution is 0.200. The quantitative estimate of drug-likeness (QED) is 0.664. The van der Waals surface area contributed by atoms with Crippen molar-refractivity contribution >= 4 is 5.71 Å². The van der Waals surface area contributed by atoms with Crippen molar-refractivity contribution in [2.75, 3.05) is 7.11 Å². The monoisotopic (exact) mass is 328 g/mol. The Morgan fingerprint density at radius 2 is 1.92 bits per heavy atom. The van der Waals surface area contributed by atoms with Crippen LogP contribution in [0.4, 0.5) is 0 Å². The molecule has 2 fully saturated rings. The van der Waals surface area contributed by atoms with E-state index in [-0.39, 0.29) is 6.10 Å². The van der Waals surface area contributed by atoms with E-state index in [1.54, 1.807) is 7.11 Å². The van der Waals surface area contributed by atoms with Crippen molar-refractivity contribution in [2.45, 2.75) is 62.9 Å². The van der Waals surface area contributed by atoms with Gasteiger partial charge in [-0.2, -0.15) is 5.26 Å². The molecule has 0 aromatic heterocycles. The summed E-state index contributed by atoms with van der Waals surface area (Å²) in [6, 6.07) is 8.34. The number of rotatable bonds is 4. The van der Waals surface area contributed by atoms with Gasteiger partial charge < -0.3 is 14.7 Å². The van der Waals surface area contributed by atoms with Crippen molar-refractivity contribution in [3.05, 3.63) is 23.8 Å². The number of nitrogens with zero attached hydrogens (tertiary/aromatic N) is 2. The molecule has 0 heterocycles. The lowest BCUT2D eigenvalue weighted by Gasteiger charge is -2.32. The highest BCUT2D eigenvalue weighted by Crippen LogP contribution is 2.42. The largest absolute Gasteiger partial charge is 0.493 e. The van der Waals surface area contributed by atoms with Crippen LogP contribution in [0.15, 0.2) is 23.4 Å². The third-order valence-electron chi connectivity index (χ3n) is 5.35. The molecule has 0 radical (unpaired) electrons. The summed E-state index contributed by atoms with van der Waals surface area (Å²) in [5, 5.41) is 22.1. The summed E-state index contributed by atoms with van der Waals surface area (Å²) in [6.45, 7) is 0. The minimum absolute atomic E-state index is 0.242. The van der Waals surface area contributed by atoms with Gasteiger partial charge in [0.05, 0.1) is 30.4 Å². The second-order valence-electron chi connectivity index (χ2n) is 6.75. The Morgan fingerprint density at radius 1 is 1.21 bits per heavy atom. The molecule has 2 aliphatic carbocycles. The first-order valence-corrected chi connectivity index (χ1v) is 8.67. The molecular formula is C19H24N2O3. The standard InChI is InChI=1S/C19H24N2O3/c1-23-17-7-6-14(12-18(17)24-16-4-2-3-5-16)19(13-20)10-8-15(21-22)9-11-19/h6-7,12,16,22H,2-5,8-11H2,1H3. The molecular weight excluding hydrogens is 304 g/mol. The third-order valence-corrected chi connectivity index (χ3v) is 5.35. The molecule has 0 aliphatic heterocycles. The van der Waals surface area contributed by atoms with Gasteiger partial charge in [-0.1, -0.05) is 11.2 Å². The second kappa shape index (κ2) is 7.12. The predicted molar refractivity (Wildman–Crippen MR) is 90.9 cm³/mol. The molecule has 24 heavy (non-hydrogen) atoms. The molecule has 1 N–H and O–H groups in total. The first-order chi connectivity index (χ1) is 11.7. The van der Waals surface area contributed by atoms with Crippen molar-refractivity contribution in [2.24, 2.45) is 5.16 Å². The molecule has 2 aliphatic rings. The minimum atomic E-state index is -0.547. The van der Waals surface area contributed by atoms with Crippen LogP contribution < -0.4 is 9.47 Å². The van der Waals surface area contributed by atoms with Crippen molar-refractivity contribution < 1.29 is 14.7 Å². The molecule has 1 aromatic rings. The Balaban J connectivity index is 1.88. The van der Waals surface area contributed by atoms with E-state index < -0.39 is 5.41 Å². The van der Waals surface area contributed by atoms with Gasteiger partial charge in [0.2, 0.25) is 0 Å². The summed E-state index contributed by atoms with van der Waals surface area (Å²) >= 11 is 0. The predicted octanol–water partition coefficient (Wildman–Crippen LogP) is 4.18. The van der Waals surface area contributed by atoms with E-state index in [4.69, 9.17) is 14.7 Å². The van der Waals surface area contributed by atoms with Crippen molar-refractivity contribution in [3.8, 4) is 17.6 Å². The maximum absolute atomic E-state index is 9.83. The highest BCUT2D eigenvalue weighted by molar-refractivity contribution is 5.85. The van der Waals surface area contributed by atoms with Gasteiger partial charge in [-0.25, -0.2) is 0 Å². The average Bonchev–Trinajstić information content (AvgIpc) is 3.15. The van der Waals surface area contributed by atoms with Crippen LogP contribution in [-0.4, -0.2) is 24.1 Å². The average molecular weight is 328 g/mol.